The van der Waals surface area contributed by atoms with Crippen LogP contribution in [0.3, 0.4) is 0 Å². The lowest BCUT2D eigenvalue weighted by molar-refractivity contribution is -0.0503. The third-order valence-electron chi connectivity index (χ3n) is 2.86. The first kappa shape index (κ1) is 24.4. The number of halogens is 5. The first-order chi connectivity index (χ1) is 11.5. The van der Waals surface area contributed by atoms with Gasteiger partial charge in [0, 0.05) is 37.4 Å². The van der Waals surface area contributed by atoms with Gasteiger partial charge in [-0.25, -0.2) is 4.99 Å². The van der Waals surface area contributed by atoms with Crippen LogP contribution in [0.15, 0.2) is 17.1 Å². The molecule has 0 aliphatic rings. The minimum absolute atomic E-state index is 0. The lowest BCUT2D eigenvalue weighted by atomic mass is 10.2. The van der Waals surface area contributed by atoms with Gasteiger partial charge in [-0.05, 0) is 25.5 Å². The minimum atomic E-state index is -2.98. The van der Waals surface area contributed by atoms with Crippen molar-refractivity contribution in [2.45, 2.75) is 26.5 Å². The molecule has 0 aliphatic heterocycles. The zero-order chi connectivity index (χ0) is 17.9. The summed E-state index contributed by atoms with van der Waals surface area (Å²) in [6.45, 7) is 0.980. The van der Waals surface area contributed by atoms with E-state index in [1.54, 1.807) is 7.11 Å². The van der Waals surface area contributed by atoms with E-state index in [4.69, 9.17) is 27.9 Å². The Labute approximate surface area is 173 Å². The fourth-order valence-corrected chi connectivity index (χ4v) is 2.46. The van der Waals surface area contributed by atoms with Crippen LogP contribution in [-0.2, 0) is 11.3 Å². The summed E-state index contributed by atoms with van der Waals surface area (Å²) < 4.78 is 34.6. The molecule has 2 N–H and O–H groups in total. The van der Waals surface area contributed by atoms with Gasteiger partial charge in [0.1, 0.15) is 5.75 Å². The Bertz CT molecular complexity index is 552. The predicted octanol–water partition coefficient (Wildman–Crippen LogP) is 4.30. The maximum atomic E-state index is 12.6. The summed E-state index contributed by atoms with van der Waals surface area (Å²) in [4.78, 5) is 4.34. The molecule has 1 rings (SSSR count). The van der Waals surface area contributed by atoms with Crippen molar-refractivity contribution in [1.29, 1.82) is 0 Å². The third-order valence-corrected chi connectivity index (χ3v) is 3.36. The molecule has 5 nitrogen and oxygen atoms in total. The van der Waals surface area contributed by atoms with Crippen LogP contribution in [0.5, 0.6) is 5.75 Å². The number of nitrogens with one attached hydrogen (secondary N) is 2. The summed E-state index contributed by atoms with van der Waals surface area (Å²) in [5.41, 5.74) is 0.377. The fraction of sp³-hybridized carbons (Fsp3) is 0.533. The Morgan fingerprint density at radius 2 is 2.00 bits per heavy atom. The number of hydrogen-bond donors (Lipinski definition) is 2. The largest absolute Gasteiger partial charge is 0.433 e. The molecule has 0 aromatic heterocycles. The number of ether oxygens (including phenoxy) is 2. The zero-order valence-corrected chi connectivity index (χ0v) is 17.8. The Morgan fingerprint density at radius 1 is 1.28 bits per heavy atom. The molecule has 0 aliphatic carbocycles. The summed E-state index contributed by atoms with van der Waals surface area (Å²) in [7, 11) is 1.63. The van der Waals surface area contributed by atoms with E-state index in [-0.39, 0.29) is 41.3 Å². The smallest absolute Gasteiger partial charge is 0.387 e. The summed E-state index contributed by atoms with van der Waals surface area (Å²) in [5.74, 6) is 0.433. The van der Waals surface area contributed by atoms with Gasteiger partial charge in [-0.3, -0.25) is 0 Å². The second-order valence-electron chi connectivity index (χ2n) is 4.72. The quantitative estimate of drug-likeness (QED) is 0.224. The van der Waals surface area contributed by atoms with Crippen LogP contribution >= 0.6 is 47.2 Å². The highest BCUT2D eigenvalue weighted by molar-refractivity contribution is 14.0. The van der Waals surface area contributed by atoms with Gasteiger partial charge < -0.3 is 20.1 Å². The van der Waals surface area contributed by atoms with E-state index in [0.717, 1.165) is 6.42 Å². The third kappa shape index (κ3) is 9.62. The lowest BCUT2D eigenvalue weighted by Gasteiger charge is -2.14. The van der Waals surface area contributed by atoms with Gasteiger partial charge in [-0.1, -0.05) is 23.2 Å². The van der Waals surface area contributed by atoms with Crippen molar-refractivity contribution < 1.29 is 18.3 Å². The van der Waals surface area contributed by atoms with Crippen molar-refractivity contribution in [2.24, 2.45) is 4.99 Å². The van der Waals surface area contributed by atoms with Gasteiger partial charge in [-0.2, -0.15) is 8.78 Å². The Morgan fingerprint density at radius 3 is 2.60 bits per heavy atom. The molecule has 1 aromatic rings. The van der Waals surface area contributed by atoms with E-state index in [0.29, 0.717) is 36.2 Å². The van der Waals surface area contributed by atoms with Crippen molar-refractivity contribution in [1.82, 2.24) is 10.6 Å². The van der Waals surface area contributed by atoms with Crippen molar-refractivity contribution in [3.8, 4) is 5.75 Å². The molecule has 0 saturated carbocycles. The standard InChI is InChI=1S/C15H21Cl2F2N3O2.HI/c1-3-20-15(21-5-4-6-23-2)22-9-10-7-11(16)8-12(17)13(10)24-14(18)19;/h7-8,14H,3-6,9H2,1-2H3,(H2,20,21,22);1H. The number of guanidine groups is 1. The van der Waals surface area contributed by atoms with E-state index in [1.165, 1.54) is 12.1 Å². The average molecular weight is 512 g/mol. The number of hydrogen-bond acceptors (Lipinski definition) is 3. The molecule has 0 saturated heterocycles. The number of methoxy groups -OCH3 is 1. The van der Waals surface area contributed by atoms with Crippen molar-refractivity contribution in [2.75, 3.05) is 26.8 Å². The molecular weight excluding hydrogens is 490 g/mol. The van der Waals surface area contributed by atoms with Gasteiger partial charge in [0.25, 0.3) is 0 Å². The first-order valence-corrected chi connectivity index (χ1v) is 8.17. The maximum Gasteiger partial charge on any atom is 0.387 e. The molecule has 1 aromatic carbocycles. The Balaban J connectivity index is 0.00000576. The number of rotatable bonds is 9. The van der Waals surface area contributed by atoms with Crippen LogP contribution in [0.1, 0.15) is 18.9 Å². The summed E-state index contributed by atoms with van der Waals surface area (Å²) in [6.07, 6.45) is 0.809. The highest BCUT2D eigenvalue weighted by Crippen LogP contribution is 2.34. The van der Waals surface area contributed by atoms with Crippen molar-refractivity contribution in [3.05, 3.63) is 27.7 Å². The second-order valence-corrected chi connectivity index (χ2v) is 5.57. The fourth-order valence-electron chi connectivity index (χ4n) is 1.88. The SMILES string of the molecule is CCNC(=NCc1cc(Cl)cc(Cl)c1OC(F)F)NCCCOC.I. The Hall–Kier alpha value is -0.580. The van der Waals surface area contributed by atoms with Crippen LogP contribution in [0.4, 0.5) is 8.78 Å². The molecule has 0 bridgehead atoms. The number of aliphatic imine (C=N–C) groups is 1. The summed E-state index contributed by atoms with van der Waals surface area (Å²) in [6, 6.07) is 2.85. The zero-order valence-electron chi connectivity index (χ0n) is 14.0. The summed E-state index contributed by atoms with van der Waals surface area (Å²) >= 11 is 11.9. The average Bonchev–Trinajstić information content (AvgIpc) is 2.51. The normalized spacial score (nSPS) is 11.2. The van der Waals surface area contributed by atoms with Crippen LogP contribution in [-0.4, -0.2) is 39.4 Å². The second kappa shape index (κ2) is 13.6. The molecule has 0 heterocycles. The number of nitrogens with zero attached hydrogens (tertiary/aromatic N) is 1. The maximum absolute atomic E-state index is 12.6. The summed E-state index contributed by atoms with van der Waals surface area (Å²) in [5, 5.41) is 6.52. The first-order valence-electron chi connectivity index (χ1n) is 7.41. The predicted molar refractivity (Wildman–Crippen MR) is 108 cm³/mol. The highest BCUT2D eigenvalue weighted by Gasteiger charge is 2.15. The number of benzene rings is 1. The molecule has 0 amide bonds. The molecule has 0 unspecified atom stereocenters. The molecule has 0 fully saturated rings. The van der Waals surface area contributed by atoms with Gasteiger partial charge >= 0.3 is 6.61 Å². The minimum Gasteiger partial charge on any atom is -0.433 e. The van der Waals surface area contributed by atoms with Gasteiger partial charge in [0.15, 0.2) is 5.96 Å². The monoisotopic (exact) mass is 511 g/mol. The van der Waals surface area contributed by atoms with Gasteiger partial charge in [-0.15, -0.1) is 24.0 Å². The molecule has 144 valence electrons. The van der Waals surface area contributed by atoms with Crippen LogP contribution in [0.25, 0.3) is 0 Å². The Kier molecular flexibility index (Phi) is 13.3. The topological polar surface area (TPSA) is 54.9 Å². The van der Waals surface area contributed by atoms with Crippen LogP contribution in [0.2, 0.25) is 10.0 Å². The van der Waals surface area contributed by atoms with Gasteiger partial charge in [0.2, 0.25) is 0 Å². The van der Waals surface area contributed by atoms with Crippen LogP contribution < -0.4 is 15.4 Å². The van der Waals surface area contributed by atoms with E-state index >= 15 is 0 Å². The van der Waals surface area contributed by atoms with Crippen LogP contribution in [0, 0.1) is 0 Å². The molecule has 10 heteroatoms. The van der Waals surface area contributed by atoms with E-state index < -0.39 is 6.61 Å². The molecule has 0 radical (unpaired) electrons. The molecule has 25 heavy (non-hydrogen) atoms. The highest BCUT2D eigenvalue weighted by atomic mass is 127. The number of alkyl halides is 2. The van der Waals surface area contributed by atoms with Crippen molar-refractivity contribution in [3.63, 3.8) is 0 Å². The molecule has 0 atom stereocenters. The van der Waals surface area contributed by atoms with E-state index in [9.17, 15) is 8.78 Å². The molecule has 0 spiro atoms. The van der Waals surface area contributed by atoms with E-state index in [1.807, 2.05) is 6.92 Å². The molecular formula is C15H22Cl2F2IN3O2. The lowest BCUT2D eigenvalue weighted by Crippen LogP contribution is -2.38. The van der Waals surface area contributed by atoms with E-state index in [2.05, 4.69) is 20.4 Å². The van der Waals surface area contributed by atoms with Crippen molar-refractivity contribution >= 4 is 53.1 Å². The van der Waals surface area contributed by atoms with Gasteiger partial charge in [0.05, 0.1) is 11.6 Å².